The fourth-order valence-corrected chi connectivity index (χ4v) is 4.63. The first-order valence-electron chi connectivity index (χ1n) is 10.1. The Morgan fingerprint density at radius 1 is 1.11 bits per heavy atom. The quantitative estimate of drug-likeness (QED) is 0.809. The number of benzene rings is 1. The van der Waals surface area contributed by atoms with Gasteiger partial charge in [0, 0.05) is 31.6 Å². The lowest BCUT2D eigenvalue weighted by Crippen LogP contribution is -2.52. The Hall–Kier alpha value is -2.44. The zero-order chi connectivity index (χ0) is 20.0. The minimum absolute atomic E-state index is 0.209. The third-order valence-corrected chi connectivity index (χ3v) is 6.41. The van der Waals surface area contributed by atoms with Crippen LogP contribution in [0.1, 0.15) is 55.5 Å². The number of piperidine rings is 2. The molecule has 0 bridgehead atoms. The van der Waals surface area contributed by atoms with Gasteiger partial charge in [0.1, 0.15) is 11.9 Å². The van der Waals surface area contributed by atoms with E-state index in [1.807, 2.05) is 0 Å². The van der Waals surface area contributed by atoms with Crippen LogP contribution in [0.4, 0.5) is 10.1 Å². The number of fused-ring (bicyclic) bond motifs is 1. The molecule has 1 aromatic rings. The summed E-state index contributed by atoms with van der Waals surface area (Å²) >= 11 is 0. The zero-order valence-corrected chi connectivity index (χ0v) is 16.3. The van der Waals surface area contributed by atoms with Gasteiger partial charge in [0.05, 0.1) is 5.69 Å². The molecule has 2 saturated heterocycles. The van der Waals surface area contributed by atoms with Crippen molar-refractivity contribution in [2.45, 2.75) is 52.1 Å². The van der Waals surface area contributed by atoms with Gasteiger partial charge < -0.3 is 9.80 Å². The van der Waals surface area contributed by atoms with E-state index in [-0.39, 0.29) is 30.6 Å². The third-order valence-electron chi connectivity index (χ3n) is 6.41. The fourth-order valence-electron chi connectivity index (χ4n) is 4.63. The number of hydrogen-bond donors (Lipinski definition) is 1. The summed E-state index contributed by atoms with van der Waals surface area (Å²) in [6.07, 6.45) is 2.59. The standard InChI is InChI=1S/C21H26FN3O3/c1-12(2)13-5-7-24(8-6-13)18-9-14-11-25(21(28)15(14)10-16(18)22)17-3-4-19(26)23-20(17)27/h9-10,12-13,17H,3-8,11H2,1-2H3,(H,23,26,27). The van der Waals surface area contributed by atoms with E-state index in [2.05, 4.69) is 24.1 Å². The monoisotopic (exact) mass is 387 g/mol. The van der Waals surface area contributed by atoms with Crippen molar-refractivity contribution in [1.82, 2.24) is 10.2 Å². The van der Waals surface area contributed by atoms with E-state index in [0.717, 1.165) is 31.5 Å². The predicted molar refractivity (Wildman–Crippen MR) is 102 cm³/mol. The van der Waals surface area contributed by atoms with Crippen LogP contribution < -0.4 is 10.2 Å². The predicted octanol–water partition coefficient (Wildman–Crippen LogP) is 2.46. The van der Waals surface area contributed by atoms with Crippen molar-refractivity contribution in [1.29, 1.82) is 0 Å². The van der Waals surface area contributed by atoms with Crippen molar-refractivity contribution >= 4 is 23.4 Å². The van der Waals surface area contributed by atoms with Crippen LogP contribution in [0.2, 0.25) is 0 Å². The number of anilines is 1. The topological polar surface area (TPSA) is 69.7 Å². The van der Waals surface area contributed by atoms with Crippen molar-refractivity contribution in [3.63, 3.8) is 0 Å². The number of halogens is 1. The first-order chi connectivity index (χ1) is 13.3. The van der Waals surface area contributed by atoms with Gasteiger partial charge in [-0.3, -0.25) is 19.7 Å². The minimum Gasteiger partial charge on any atom is -0.369 e. The largest absolute Gasteiger partial charge is 0.369 e. The summed E-state index contributed by atoms with van der Waals surface area (Å²) < 4.78 is 14.8. The molecule has 0 saturated carbocycles. The van der Waals surface area contributed by atoms with Gasteiger partial charge in [0.25, 0.3) is 5.91 Å². The van der Waals surface area contributed by atoms with E-state index in [1.165, 1.54) is 11.0 Å². The Labute approximate surface area is 164 Å². The first kappa shape index (κ1) is 18.9. The molecule has 3 amide bonds. The van der Waals surface area contributed by atoms with Crippen molar-refractivity contribution in [2.24, 2.45) is 11.8 Å². The summed E-state index contributed by atoms with van der Waals surface area (Å²) in [6, 6.07) is 2.41. The molecule has 3 heterocycles. The molecule has 4 rings (SSSR count). The minimum atomic E-state index is -0.675. The molecular formula is C21H26FN3O3. The lowest BCUT2D eigenvalue weighted by atomic mass is 9.86. The summed E-state index contributed by atoms with van der Waals surface area (Å²) in [4.78, 5) is 39.8. The highest BCUT2D eigenvalue weighted by atomic mass is 19.1. The molecule has 0 aromatic heterocycles. The average Bonchev–Trinajstić information content (AvgIpc) is 2.97. The second-order valence-electron chi connectivity index (χ2n) is 8.43. The van der Waals surface area contributed by atoms with Crippen LogP contribution in [0.25, 0.3) is 0 Å². The summed E-state index contributed by atoms with van der Waals surface area (Å²) in [5, 5.41) is 2.29. The molecule has 6 nitrogen and oxygen atoms in total. The maximum Gasteiger partial charge on any atom is 0.255 e. The molecule has 1 N–H and O–H groups in total. The highest BCUT2D eigenvalue weighted by molar-refractivity contribution is 6.05. The molecule has 1 atom stereocenters. The highest BCUT2D eigenvalue weighted by Crippen LogP contribution is 2.34. The number of nitrogens with zero attached hydrogens (tertiary/aromatic N) is 2. The van der Waals surface area contributed by atoms with Gasteiger partial charge in [-0.25, -0.2) is 4.39 Å². The Morgan fingerprint density at radius 3 is 2.46 bits per heavy atom. The van der Waals surface area contributed by atoms with Crippen molar-refractivity contribution in [2.75, 3.05) is 18.0 Å². The van der Waals surface area contributed by atoms with E-state index in [4.69, 9.17) is 0 Å². The number of hydrogen-bond acceptors (Lipinski definition) is 4. The molecule has 150 valence electrons. The van der Waals surface area contributed by atoms with Gasteiger partial charge in [-0.2, -0.15) is 0 Å². The van der Waals surface area contributed by atoms with E-state index in [9.17, 15) is 18.8 Å². The molecule has 28 heavy (non-hydrogen) atoms. The summed E-state index contributed by atoms with van der Waals surface area (Å²) in [6.45, 7) is 6.35. The molecule has 0 aliphatic carbocycles. The molecular weight excluding hydrogens is 361 g/mol. The van der Waals surface area contributed by atoms with Gasteiger partial charge in [-0.1, -0.05) is 13.8 Å². The highest BCUT2D eigenvalue weighted by Gasteiger charge is 2.40. The van der Waals surface area contributed by atoms with Gasteiger partial charge in [0.15, 0.2) is 0 Å². The lowest BCUT2D eigenvalue weighted by Gasteiger charge is -2.35. The van der Waals surface area contributed by atoms with Crippen LogP contribution in [0.3, 0.4) is 0 Å². The lowest BCUT2D eigenvalue weighted by molar-refractivity contribution is -0.136. The van der Waals surface area contributed by atoms with E-state index >= 15 is 0 Å². The summed E-state index contributed by atoms with van der Waals surface area (Å²) in [7, 11) is 0. The third kappa shape index (κ3) is 3.27. The molecule has 3 aliphatic rings. The second-order valence-corrected chi connectivity index (χ2v) is 8.43. The number of imide groups is 1. The molecule has 0 radical (unpaired) electrons. The maximum atomic E-state index is 14.8. The molecule has 0 spiro atoms. The molecule has 2 fully saturated rings. The molecule has 1 unspecified atom stereocenters. The van der Waals surface area contributed by atoms with Gasteiger partial charge in [0.2, 0.25) is 11.8 Å². The van der Waals surface area contributed by atoms with Crippen LogP contribution >= 0.6 is 0 Å². The van der Waals surface area contributed by atoms with Crippen molar-refractivity contribution in [3.05, 3.63) is 29.1 Å². The van der Waals surface area contributed by atoms with Gasteiger partial charge in [-0.05, 0) is 48.8 Å². The number of amides is 3. The summed E-state index contributed by atoms with van der Waals surface area (Å²) in [5.41, 5.74) is 1.61. The fraction of sp³-hybridized carbons (Fsp3) is 0.571. The first-order valence-corrected chi connectivity index (χ1v) is 10.1. The van der Waals surface area contributed by atoms with E-state index < -0.39 is 11.9 Å². The molecule has 7 heteroatoms. The molecule has 3 aliphatic heterocycles. The zero-order valence-electron chi connectivity index (χ0n) is 16.3. The van der Waals surface area contributed by atoms with Crippen LogP contribution in [-0.2, 0) is 16.1 Å². The number of rotatable bonds is 3. The smallest absolute Gasteiger partial charge is 0.255 e. The maximum absolute atomic E-state index is 14.8. The van der Waals surface area contributed by atoms with Gasteiger partial charge >= 0.3 is 0 Å². The number of carbonyl (C=O) groups excluding carboxylic acids is 3. The SMILES string of the molecule is CC(C)C1CCN(c2cc3c(cc2F)C(=O)N(C2CCC(=O)NC2=O)C3)CC1. The van der Waals surface area contributed by atoms with Crippen LogP contribution in [-0.4, -0.2) is 41.8 Å². The van der Waals surface area contributed by atoms with Crippen LogP contribution in [0.15, 0.2) is 12.1 Å². The number of nitrogens with one attached hydrogen (secondary N) is 1. The Bertz CT molecular complexity index is 830. The van der Waals surface area contributed by atoms with E-state index in [0.29, 0.717) is 29.5 Å². The van der Waals surface area contributed by atoms with Crippen LogP contribution in [0, 0.1) is 17.7 Å². The Balaban J connectivity index is 1.53. The Morgan fingerprint density at radius 2 is 1.82 bits per heavy atom. The Kier molecular flexibility index (Phi) is 4.85. The van der Waals surface area contributed by atoms with Crippen molar-refractivity contribution in [3.8, 4) is 0 Å². The van der Waals surface area contributed by atoms with E-state index in [1.54, 1.807) is 6.07 Å². The normalized spacial score (nSPS) is 23.4. The second kappa shape index (κ2) is 7.18. The van der Waals surface area contributed by atoms with Crippen molar-refractivity contribution < 1.29 is 18.8 Å². The summed E-state index contributed by atoms with van der Waals surface area (Å²) in [5.74, 6) is -0.198. The average molecular weight is 387 g/mol. The molecule has 1 aromatic carbocycles. The van der Waals surface area contributed by atoms with Gasteiger partial charge in [-0.15, -0.1) is 0 Å². The van der Waals surface area contributed by atoms with Crippen LogP contribution in [0.5, 0.6) is 0 Å². The number of carbonyl (C=O) groups is 3.